The third-order valence-electron chi connectivity index (χ3n) is 4.21. The number of carbonyl (C=O) groups is 2. The molecule has 0 spiro atoms. The summed E-state index contributed by atoms with van der Waals surface area (Å²) >= 11 is 6.06. The molecule has 0 radical (unpaired) electrons. The molecule has 0 aliphatic carbocycles. The first-order valence-electron chi connectivity index (χ1n) is 8.36. The summed E-state index contributed by atoms with van der Waals surface area (Å²) in [6.07, 6.45) is 3.01. The van der Waals surface area contributed by atoms with Gasteiger partial charge in [0.05, 0.1) is 12.5 Å². The molecular formula is C21H15ClN3O3-. The smallest absolute Gasteiger partial charge is 0.266 e. The molecule has 1 heterocycles. The number of amides is 1. The lowest BCUT2D eigenvalue weighted by atomic mass is 10.1. The number of rotatable bonds is 5. The fourth-order valence-electron chi connectivity index (χ4n) is 2.83. The van der Waals surface area contributed by atoms with E-state index in [-0.39, 0.29) is 12.1 Å². The van der Waals surface area contributed by atoms with Crippen LogP contribution in [0.1, 0.15) is 11.1 Å². The molecular weight excluding hydrogens is 378 g/mol. The highest BCUT2D eigenvalue weighted by Crippen LogP contribution is 2.24. The van der Waals surface area contributed by atoms with Crippen molar-refractivity contribution < 1.29 is 14.7 Å². The molecule has 0 aliphatic rings. The number of nitriles is 1. The van der Waals surface area contributed by atoms with Gasteiger partial charge < -0.3 is 19.8 Å². The summed E-state index contributed by atoms with van der Waals surface area (Å²) in [6.45, 7) is 1.52. The normalized spacial score (nSPS) is 11.2. The number of carbonyl (C=O) groups excluding carboxylic acids is 2. The third kappa shape index (κ3) is 4.05. The molecule has 0 aliphatic heterocycles. The van der Waals surface area contributed by atoms with Crippen molar-refractivity contribution in [3.05, 3.63) is 70.4 Å². The van der Waals surface area contributed by atoms with Gasteiger partial charge in [-0.05, 0) is 36.8 Å². The maximum absolute atomic E-state index is 12.5. The predicted octanol–water partition coefficient (Wildman–Crippen LogP) is 2.90. The van der Waals surface area contributed by atoms with Gasteiger partial charge in [-0.15, -0.1) is 0 Å². The topological polar surface area (TPSA) is 98.0 Å². The molecule has 1 amide bonds. The van der Waals surface area contributed by atoms with Gasteiger partial charge in [-0.2, -0.15) is 5.26 Å². The van der Waals surface area contributed by atoms with Crippen molar-refractivity contribution in [2.24, 2.45) is 0 Å². The first kappa shape index (κ1) is 19.2. The highest BCUT2D eigenvalue weighted by atomic mass is 35.5. The number of benzene rings is 2. The molecule has 0 saturated heterocycles. The number of carboxylic acid groups (broad SMARTS) is 1. The number of fused-ring (bicyclic) bond motifs is 1. The van der Waals surface area contributed by atoms with E-state index < -0.39 is 11.9 Å². The van der Waals surface area contributed by atoms with Crippen LogP contribution in [-0.4, -0.2) is 16.4 Å². The lowest BCUT2D eigenvalue weighted by Gasteiger charge is -2.06. The maximum Gasteiger partial charge on any atom is 0.266 e. The summed E-state index contributed by atoms with van der Waals surface area (Å²) in [5.74, 6) is -1.81. The SMILES string of the molecule is Cc1ccc(NC(=O)/C(C#N)=C/c2cn(CC(=O)[O-])c3ccccc23)cc1Cl. The Kier molecular flexibility index (Phi) is 5.48. The minimum Gasteiger partial charge on any atom is -0.548 e. The fraction of sp³-hybridized carbons (Fsp3) is 0.0952. The molecule has 3 aromatic rings. The lowest BCUT2D eigenvalue weighted by Crippen LogP contribution is -2.27. The van der Waals surface area contributed by atoms with Crippen molar-refractivity contribution >= 4 is 46.1 Å². The van der Waals surface area contributed by atoms with Crippen molar-refractivity contribution in [3.8, 4) is 6.07 Å². The summed E-state index contributed by atoms with van der Waals surface area (Å²) in [5, 5.41) is 24.3. The molecule has 0 fully saturated rings. The predicted molar refractivity (Wildman–Crippen MR) is 105 cm³/mol. The number of aliphatic carboxylic acids is 1. The Labute approximate surface area is 166 Å². The van der Waals surface area contributed by atoms with Crippen molar-refractivity contribution in [1.29, 1.82) is 5.26 Å². The van der Waals surface area contributed by atoms with E-state index in [2.05, 4.69) is 5.32 Å². The fourth-order valence-corrected chi connectivity index (χ4v) is 3.01. The molecule has 2 aromatic carbocycles. The van der Waals surface area contributed by atoms with Crippen LogP contribution in [0.3, 0.4) is 0 Å². The van der Waals surface area contributed by atoms with Crippen LogP contribution >= 0.6 is 11.6 Å². The number of para-hydroxylation sites is 1. The van der Waals surface area contributed by atoms with Gasteiger partial charge in [-0.1, -0.05) is 35.9 Å². The van der Waals surface area contributed by atoms with E-state index in [4.69, 9.17) is 11.6 Å². The number of aromatic nitrogens is 1. The summed E-state index contributed by atoms with van der Waals surface area (Å²) in [7, 11) is 0. The Hall–Kier alpha value is -3.56. The Balaban J connectivity index is 1.96. The van der Waals surface area contributed by atoms with Crippen molar-refractivity contribution in [2.75, 3.05) is 5.32 Å². The average Bonchev–Trinajstić information content (AvgIpc) is 2.99. The Bertz CT molecular complexity index is 1160. The van der Waals surface area contributed by atoms with Crippen LogP contribution < -0.4 is 10.4 Å². The zero-order valence-electron chi connectivity index (χ0n) is 14.9. The third-order valence-corrected chi connectivity index (χ3v) is 4.62. The molecule has 0 atom stereocenters. The number of nitrogens with one attached hydrogen (secondary N) is 1. The van der Waals surface area contributed by atoms with Gasteiger partial charge in [0.2, 0.25) is 0 Å². The van der Waals surface area contributed by atoms with Crippen molar-refractivity contribution in [2.45, 2.75) is 13.5 Å². The number of hydrogen-bond acceptors (Lipinski definition) is 4. The largest absolute Gasteiger partial charge is 0.548 e. The molecule has 7 heteroatoms. The van der Waals surface area contributed by atoms with Gasteiger partial charge in [0.15, 0.2) is 0 Å². The minimum atomic E-state index is -1.23. The highest BCUT2D eigenvalue weighted by Gasteiger charge is 2.13. The zero-order valence-corrected chi connectivity index (χ0v) is 15.7. The van der Waals surface area contributed by atoms with Gasteiger partial charge in [0, 0.05) is 33.4 Å². The Morgan fingerprint density at radius 1 is 1.29 bits per heavy atom. The quantitative estimate of drug-likeness (QED) is 0.533. The van der Waals surface area contributed by atoms with Crippen molar-refractivity contribution in [1.82, 2.24) is 4.57 Å². The summed E-state index contributed by atoms with van der Waals surface area (Å²) in [4.78, 5) is 23.5. The average molecular weight is 393 g/mol. The van der Waals surface area contributed by atoms with Crippen LogP contribution in [0.25, 0.3) is 17.0 Å². The Morgan fingerprint density at radius 3 is 2.71 bits per heavy atom. The van der Waals surface area contributed by atoms with Gasteiger partial charge in [0.1, 0.15) is 11.6 Å². The number of hydrogen-bond donors (Lipinski definition) is 1. The highest BCUT2D eigenvalue weighted by molar-refractivity contribution is 6.31. The second-order valence-electron chi connectivity index (χ2n) is 6.19. The van der Waals surface area contributed by atoms with Gasteiger partial charge in [0.25, 0.3) is 5.91 Å². The number of aryl methyl sites for hydroxylation is 1. The first-order chi connectivity index (χ1) is 13.4. The number of nitrogens with zero attached hydrogens (tertiary/aromatic N) is 2. The van der Waals surface area contributed by atoms with Gasteiger partial charge in [-0.3, -0.25) is 4.79 Å². The van der Waals surface area contributed by atoms with E-state index in [0.29, 0.717) is 21.8 Å². The molecule has 6 nitrogen and oxygen atoms in total. The minimum absolute atomic E-state index is 0.118. The van der Waals surface area contributed by atoms with Crippen LogP contribution in [0, 0.1) is 18.3 Å². The lowest BCUT2D eigenvalue weighted by molar-refractivity contribution is -0.306. The van der Waals surface area contributed by atoms with Crippen molar-refractivity contribution in [3.63, 3.8) is 0 Å². The molecule has 1 aromatic heterocycles. The summed E-state index contributed by atoms with van der Waals surface area (Å²) in [5.41, 5.74) is 2.46. The van der Waals surface area contributed by atoms with E-state index in [1.807, 2.05) is 13.0 Å². The summed E-state index contributed by atoms with van der Waals surface area (Å²) < 4.78 is 1.50. The van der Waals surface area contributed by atoms with E-state index in [1.165, 1.54) is 10.6 Å². The van der Waals surface area contributed by atoms with Gasteiger partial charge in [-0.25, -0.2) is 0 Å². The molecule has 1 N–H and O–H groups in total. The Morgan fingerprint density at radius 2 is 2.04 bits per heavy atom. The van der Waals surface area contributed by atoms with Crippen LogP contribution in [0.5, 0.6) is 0 Å². The molecule has 0 bridgehead atoms. The number of carboxylic acids is 1. The first-order valence-corrected chi connectivity index (χ1v) is 8.74. The van der Waals surface area contributed by atoms with Crippen LogP contribution in [-0.2, 0) is 16.1 Å². The van der Waals surface area contributed by atoms with Crippen LogP contribution in [0.4, 0.5) is 5.69 Å². The maximum atomic E-state index is 12.5. The molecule has 140 valence electrons. The molecule has 28 heavy (non-hydrogen) atoms. The van der Waals surface area contributed by atoms with E-state index >= 15 is 0 Å². The van der Waals surface area contributed by atoms with Crippen LogP contribution in [0.2, 0.25) is 5.02 Å². The van der Waals surface area contributed by atoms with Gasteiger partial charge >= 0.3 is 0 Å². The molecule has 0 saturated carbocycles. The summed E-state index contributed by atoms with van der Waals surface area (Å²) in [6, 6.07) is 14.1. The standard InChI is InChI=1S/C21H16ClN3O3/c1-13-6-7-16(9-18(13)22)24-21(28)14(10-23)8-15-11-25(12-20(26)27)19-5-3-2-4-17(15)19/h2-9,11H,12H2,1H3,(H,24,28)(H,26,27)/p-1/b14-8+. The van der Waals surface area contributed by atoms with E-state index in [9.17, 15) is 20.0 Å². The zero-order chi connectivity index (χ0) is 20.3. The second kappa shape index (κ2) is 7.99. The van der Waals surface area contributed by atoms with E-state index in [1.54, 1.807) is 48.7 Å². The molecule has 0 unspecified atom stereocenters. The second-order valence-corrected chi connectivity index (χ2v) is 6.60. The monoisotopic (exact) mass is 392 g/mol. The van der Waals surface area contributed by atoms with Crippen LogP contribution in [0.15, 0.2) is 54.2 Å². The number of halogens is 1. The number of anilines is 1. The van der Waals surface area contributed by atoms with E-state index in [0.717, 1.165) is 10.9 Å². The molecule has 3 rings (SSSR count).